The summed E-state index contributed by atoms with van der Waals surface area (Å²) in [7, 11) is -3.45. The van der Waals surface area contributed by atoms with Gasteiger partial charge in [0.25, 0.3) is 0 Å². The number of halogens is 1. The fourth-order valence-corrected chi connectivity index (χ4v) is 7.24. The molecule has 186 valence electrons. The highest BCUT2D eigenvalue weighted by atomic mass is 32.2. The third-order valence-electron chi connectivity index (χ3n) is 5.92. The van der Waals surface area contributed by atoms with Gasteiger partial charge in [0.05, 0.1) is 5.75 Å². The SMILES string of the molecule is Cc1c(S(=O)(=O)CCCNCCOc2ccc3c(ccn3C(C)C(=O)O)c2)sc2ccc(F)cc12. The van der Waals surface area contributed by atoms with Crippen molar-refractivity contribution in [3.63, 3.8) is 0 Å². The van der Waals surface area contributed by atoms with E-state index in [0.29, 0.717) is 47.0 Å². The van der Waals surface area contributed by atoms with Crippen LogP contribution < -0.4 is 10.1 Å². The number of carboxylic acid groups (broad SMARTS) is 1. The molecule has 0 amide bonds. The summed E-state index contributed by atoms with van der Waals surface area (Å²) in [6, 6.07) is 11.1. The van der Waals surface area contributed by atoms with Crippen molar-refractivity contribution < 1.29 is 27.4 Å². The van der Waals surface area contributed by atoms with Crippen LogP contribution in [0.2, 0.25) is 0 Å². The molecule has 0 spiro atoms. The van der Waals surface area contributed by atoms with Crippen LogP contribution in [0.4, 0.5) is 4.39 Å². The Morgan fingerprint density at radius 2 is 2.00 bits per heavy atom. The van der Waals surface area contributed by atoms with Crippen LogP contribution >= 0.6 is 11.3 Å². The topological polar surface area (TPSA) is 97.6 Å². The Hall–Kier alpha value is -2.95. The van der Waals surface area contributed by atoms with E-state index >= 15 is 0 Å². The Balaban J connectivity index is 1.23. The number of carboxylic acids is 1. The molecule has 2 aromatic carbocycles. The van der Waals surface area contributed by atoms with Gasteiger partial charge in [-0.1, -0.05) is 0 Å². The average Bonchev–Trinajstić information content (AvgIpc) is 3.39. The first-order valence-electron chi connectivity index (χ1n) is 11.3. The lowest BCUT2D eigenvalue weighted by molar-refractivity contribution is -0.140. The van der Waals surface area contributed by atoms with Crippen molar-refractivity contribution in [3.8, 4) is 5.75 Å². The molecule has 0 saturated heterocycles. The normalized spacial score (nSPS) is 12.9. The fraction of sp³-hybridized carbons (Fsp3) is 0.320. The maximum atomic E-state index is 13.5. The zero-order chi connectivity index (χ0) is 25.2. The van der Waals surface area contributed by atoms with Crippen molar-refractivity contribution >= 4 is 48.1 Å². The highest BCUT2D eigenvalue weighted by molar-refractivity contribution is 7.93. The van der Waals surface area contributed by atoms with Gasteiger partial charge in [0, 0.05) is 28.3 Å². The second-order valence-corrected chi connectivity index (χ2v) is 11.7. The predicted octanol–water partition coefficient (Wildman–Crippen LogP) is 4.78. The van der Waals surface area contributed by atoms with Gasteiger partial charge in [-0.3, -0.25) is 0 Å². The summed E-state index contributed by atoms with van der Waals surface area (Å²) in [6.45, 7) is 4.84. The fourth-order valence-electron chi connectivity index (χ4n) is 4.00. The van der Waals surface area contributed by atoms with Crippen LogP contribution in [0, 0.1) is 12.7 Å². The Morgan fingerprint density at radius 3 is 2.77 bits per heavy atom. The lowest BCUT2D eigenvalue weighted by Crippen LogP contribution is -2.23. The smallest absolute Gasteiger partial charge is 0.326 e. The monoisotopic (exact) mass is 518 g/mol. The van der Waals surface area contributed by atoms with Crippen LogP contribution in [0.3, 0.4) is 0 Å². The number of thiophene rings is 1. The largest absolute Gasteiger partial charge is 0.492 e. The molecule has 2 heterocycles. The van der Waals surface area contributed by atoms with Crippen molar-refractivity contribution in [2.24, 2.45) is 0 Å². The number of nitrogens with one attached hydrogen (secondary N) is 1. The van der Waals surface area contributed by atoms with E-state index in [9.17, 15) is 22.7 Å². The van der Waals surface area contributed by atoms with E-state index in [-0.39, 0.29) is 11.6 Å². The third-order valence-corrected chi connectivity index (χ3v) is 9.69. The van der Waals surface area contributed by atoms with Crippen molar-refractivity contribution in [1.82, 2.24) is 9.88 Å². The number of hydrogen-bond acceptors (Lipinski definition) is 6. The van der Waals surface area contributed by atoms with Crippen LogP contribution in [0.5, 0.6) is 5.75 Å². The number of nitrogens with zero attached hydrogens (tertiary/aromatic N) is 1. The quantitative estimate of drug-likeness (QED) is 0.277. The highest BCUT2D eigenvalue weighted by Crippen LogP contribution is 2.35. The molecule has 0 fully saturated rings. The second kappa shape index (κ2) is 10.3. The minimum atomic E-state index is -3.45. The number of aliphatic carboxylic acids is 1. The van der Waals surface area contributed by atoms with Crippen molar-refractivity contribution in [2.75, 3.05) is 25.4 Å². The first-order valence-corrected chi connectivity index (χ1v) is 13.7. The lowest BCUT2D eigenvalue weighted by Gasteiger charge is -2.11. The molecule has 0 aliphatic carbocycles. The molecule has 0 bridgehead atoms. The Kier molecular flexibility index (Phi) is 7.44. The maximum absolute atomic E-state index is 13.5. The number of carbonyl (C=O) groups is 1. The number of benzene rings is 2. The molecule has 4 aromatic rings. The minimum Gasteiger partial charge on any atom is -0.492 e. The van der Waals surface area contributed by atoms with Gasteiger partial charge in [-0.2, -0.15) is 0 Å². The maximum Gasteiger partial charge on any atom is 0.326 e. The summed E-state index contributed by atoms with van der Waals surface area (Å²) >= 11 is 1.19. The predicted molar refractivity (Wildman–Crippen MR) is 136 cm³/mol. The first kappa shape index (κ1) is 25.2. The molecule has 1 unspecified atom stereocenters. The van der Waals surface area contributed by atoms with Crippen LogP contribution in [0.25, 0.3) is 21.0 Å². The van der Waals surface area contributed by atoms with Crippen molar-refractivity contribution in [1.29, 1.82) is 0 Å². The van der Waals surface area contributed by atoms with E-state index in [1.54, 1.807) is 36.7 Å². The van der Waals surface area contributed by atoms with E-state index in [2.05, 4.69) is 5.32 Å². The number of aromatic nitrogens is 1. The summed E-state index contributed by atoms with van der Waals surface area (Å²) in [5, 5.41) is 14.0. The summed E-state index contributed by atoms with van der Waals surface area (Å²) in [6.07, 6.45) is 2.20. The Morgan fingerprint density at radius 1 is 1.20 bits per heavy atom. The first-order chi connectivity index (χ1) is 16.7. The Bertz CT molecular complexity index is 1480. The molecule has 10 heteroatoms. The molecule has 4 rings (SSSR count). The number of rotatable bonds is 11. The van der Waals surface area contributed by atoms with Gasteiger partial charge < -0.3 is 19.7 Å². The van der Waals surface area contributed by atoms with E-state index in [1.165, 1.54) is 23.5 Å². The zero-order valence-electron chi connectivity index (χ0n) is 19.5. The van der Waals surface area contributed by atoms with Gasteiger partial charge in [-0.15, -0.1) is 11.3 Å². The second-order valence-electron chi connectivity index (χ2n) is 8.38. The van der Waals surface area contributed by atoms with Crippen LogP contribution in [0.1, 0.15) is 24.9 Å². The van der Waals surface area contributed by atoms with Crippen molar-refractivity contribution in [3.05, 3.63) is 60.0 Å². The molecule has 0 aliphatic rings. The standard InChI is InChI=1S/C25H27FN2O5S2/c1-16-21-15-19(26)4-7-23(21)34-25(16)35(31,32)13-3-9-27-10-12-33-20-5-6-22-18(14-20)8-11-28(22)17(2)24(29)30/h4-8,11,14-15,17,27H,3,9-10,12-13H2,1-2H3,(H,29,30). The molecule has 1 atom stereocenters. The summed E-state index contributed by atoms with van der Waals surface area (Å²) < 4.78 is 47.7. The summed E-state index contributed by atoms with van der Waals surface area (Å²) in [5.74, 6) is -0.574. The van der Waals surface area contributed by atoms with Gasteiger partial charge in [0.1, 0.15) is 28.4 Å². The van der Waals surface area contributed by atoms with Crippen LogP contribution in [0.15, 0.2) is 52.9 Å². The summed E-state index contributed by atoms with van der Waals surface area (Å²) in [4.78, 5) is 11.3. The number of hydrogen-bond donors (Lipinski definition) is 2. The van der Waals surface area contributed by atoms with Gasteiger partial charge >= 0.3 is 5.97 Å². The van der Waals surface area contributed by atoms with Crippen LogP contribution in [-0.2, 0) is 14.6 Å². The number of fused-ring (bicyclic) bond motifs is 2. The lowest BCUT2D eigenvalue weighted by atomic mass is 10.2. The van der Waals surface area contributed by atoms with E-state index in [4.69, 9.17) is 4.74 Å². The molecule has 0 radical (unpaired) electrons. The van der Waals surface area contributed by atoms with E-state index in [1.807, 2.05) is 18.2 Å². The van der Waals surface area contributed by atoms with Gasteiger partial charge in [0.2, 0.25) is 0 Å². The molecular weight excluding hydrogens is 491 g/mol. The molecule has 0 saturated carbocycles. The van der Waals surface area contributed by atoms with Crippen molar-refractivity contribution in [2.45, 2.75) is 30.5 Å². The minimum absolute atomic E-state index is 0.0133. The third kappa shape index (κ3) is 5.50. The van der Waals surface area contributed by atoms with E-state index < -0.39 is 21.8 Å². The van der Waals surface area contributed by atoms with Crippen LogP contribution in [-0.4, -0.2) is 49.5 Å². The van der Waals surface area contributed by atoms with Gasteiger partial charge in [-0.25, -0.2) is 17.6 Å². The van der Waals surface area contributed by atoms with Gasteiger partial charge in [0.15, 0.2) is 9.84 Å². The highest BCUT2D eigenvalue weighted by Gasteiger charge is 2.21. The zero-order valence-corrected chi connectivity index (χ0v) is 21.1. The molecule has 2 N–H and O–H groups in total. The van der Waals surface area contributed by atoms with E-state index in [0.717, 1.165) is 15.6 Å². The van der Waals surface area contributed by atoms with Gasteiger partial charge in [-0.05, 0) is 80.2 Å². The number of sulfone groups is 1. The summed E-state index contributed by atoms with van der Waals surface area (Å²) in [5.41, 5.74) is 1.43. The average molecular weight is 519 g/mol. The molecule has 2 aromatic heterocycles. The number of aryl methyl sites for hydroxylation is 1. The molecular formula is C25H27FN2O5S2. The molecule has 7 nitrogen and oxygen atoms in total. The molecule has 0 aliphatic heterocycles. The Labute approximate surface area is 207 Å². The number of ether oxygens (including phenoxy) is 1. The molecule has 35 heavy (non-hydrogen) atoms.